The van der Waals surface area contributed by atoms with Gasteiger partial charge in [-0.2, -0.15) is 0 Å². The molecule has 0 bridgehead atoms. The Balaban J connectivity index is 1.14. The van der Waals surface area contributed by atoms with Crippen molar-refractivity contribution in [2.24, 2.45) is 0 Å². The standard InChI is InChI=1S/C63H47BN2OS/c1-61(2)32-33-62(3,4)49-34-40(30-31-46(49)61)66-52-35-43-42-23-12-16-29-55(42)68-56(43)37-45(52)57-58-53(36-44-41-22-11-15-28-54(41)67-60(44)57)65-51-27-14-13-24-47(51)63(38-18-7-5-8-19-38,39-20-9-6-10-21-39)48-25-17-26-50(59(48)65)64(58)66/h5-31,34-37H,32-33H2,1-4H3. The largest absolute Gasteiger partial charge is 0.455 e. The van der Waals surface area contributed by atoms with E-state index in [1.54, 1.807) is 0 Å². The third-order valence-corrected chi connectivity index (χ3v) is 17.7. The molecule has 3 aliphatic heterocycles. The van der Waals surface area contributed by atoms with Gasteiger partial charge in [-0.3, -0.25) is 0 Å². The zero-order valence-corrected chi connectivity index (χ0v) is 39.4. The molecule has 0 atom stereocenters. The van der Waals surface area contributed by atoms with Crippen LogP contribution in [0.4, 0.5) is 28.4 Å². The van der Waals surface area contributed by atoms with E-state index in [-0.39, 0.29) is 17.7 Å². The third kappa shape index (κ3) is 4.89. The van der Waals surface area contributed by atoms with Crippen LogP contribution in [0.1, 0.15) is 73.9 Å². The highest BCUT2D eigenvalue weighted by Crippen LogP contribution is 2.61. The molecule has 0 saturated heterocycles. The molecule has 5 heterocycles. The summed E-state index contributed by atoms with van der Waals surface area (Å²) in [6.45, 7) is 9.60. The van der Waals surface area contributed by atoms with Crippen LogP contribution in [0, 0.1) is 0 Å². The first-order valence-electron chi connectivity index (χ1n) is 24.2. The third-order valence-electron chi connectivity index (χ3n) is 16.6. The first kappa shape index (κ1) is 38.7. The van der Waals surface area contributed by atoms with Crippen LogP contribution in [-0.2, 0) is 16.2 Å². The molecule has 15 rings (SSSR count). The number of para-hydroxylation sites is 3. The van der Waals surface area contributed by atoms with Crippen molar-refractivity contribution in [1.29, 1.82) is 0 Å². The molecule has 0 saturated carbocycles. The van der Waals surface area contributed by atoms with Gasteiger partial charge < -0.3 is 14.1 Å². The monoisotopic (exact) mass is 890 g/mol. The van der Waals surface area contributed by atoms with Crippen LogP contribution in [0.3, 0.4) is 0 Å². The van der Waals surface area contributed by atoms with E-state index in [1.165, 1.54) is 110 Å². The molecule has 5 heteroatoms. The first-order valence-corrected chi connectivity index (χ1v) is 25.1. The van der Waals surface area contributed by atoms with Gasteiger partial charge in [0.05, 0.1) is 11.1 Å². The maximum absolute atomic E-state index is 7.20. The molecule has 4 aliphatic rings. The normalized spacial score (nSPS) is 16.7. The van der Waals surface area contributed by atoms with Crippen molar-refractivity contribution >= 4 is 99.7 Å². The van der Waals surface area contributed by atoms with Gasteiger partial charge in [0.15, 0.2) is 0 Å². The second kappa shape index (κ2) is 13.4. The number of hydrogen-bond donors (Lipinski definition) is 0. The summed E-state index contributed by atoms with van der Waals surface area (Å²) in [5.41, 5.74) is 20.5. The Kier molecular flexibility index (Phi) is 7.65. The highest BCUT2D eigenvalue weighted by molar-refractivity contribution is 7.25. The number of furan rings is 1. The number of fused-ring (bicyclic) bond motifs is 14. The number of nitrogens with zero attached hydrogens (tertiary/aromatic N) is 2. The van der Waals surface area contributed by atoms with Crippen molar-refractivity contribution in [2.75, 3.05) is 9.71 Å². The van der Waals surface area contributed by atoms with Gasteiger partial charge in [-0.1, -0.05) is 167 Å². The van der Waals surface area contributed by atoms with Crippen molar-refractivity contribution in [1.82, 2.24) is 0 Å². The Bertz CT molecular complexity index is 3920. The molecule has 0 amide bonds. The van der Waals surface area contributed by atoms with E-state index >= 15 is 0 Å². The average Bonchev–Trinajstić information content (AvgIpc) is 3.94. The van der Waals surface area contributed by atoms with E-state index in [1.807, 2.05) is 11.3 Å². The van der Waals surface area contributed by atoms with Crippen LogP contribution in [0.15, 0.2) is 192 Å². The van der Waals surface area contributed by atoms with Crippen molar-refractivity contribution in [3.05, 3.63) is 221 Å². The molecule has 0 fully saturated rings. The summed E-state index contributed by atoms with van der Waals surface area (Å²) in [6.07, 6.45) is 2.32. The van der Waals surface area contributed by atoms with Crippen molar-refractivity contribution in [2.45, 2.75) is 56.8 Å². The molecule has 0 radical (unpaired) electrons. The lowest BCUT2D eigenvalue weighted by Gasteiger charge is -2.52. The molecular formula is C63H47BN2OS. The highest BCUT2D eigenvalue weighted by atomic mass is 32.1. The Morgan fingerprint density at radius 1 is 0.500 bits per heavy atom. The fourth-order valence-corrected chi connectivity index (χ4v) is 14.5. The van der Waals surface area contributed by atoms with Crippen LogP contribution >= 0.6 is 11.3 Å². The van der Waals surface area contributed by atoms with E-state index in [9.17, 15) is 0 Å². The summed E-state index contributed by atoms with van der Waals surface area (Å²) < 4.78 is 9.79. The van der Waals surface area contributed by atoms with Crippen molar-refractivity contribution in [3.63, 3.8) is 0 Å². The van der Waals surface area contributed by atoms with Gasteiger partial charge in [-0.05, 0) is 117 Å². The summed E-state index contributed by atoms with van der Waals surface area (Å²) in [5, 5.41) is 4.87. The minimum absolute atomic E-state index is 0.0282. The van der Waals surface area contributed by atoms with E-state index < -0.39 is 5.41 Å². The van der Waals surface area contributed by atoms with Gasteiger partial charge in [0.1, 0.15) is 11.2 Å². The summed E-state index contributed by atoms with van der Waals surface area (Å²) in [5.74, 6) is 0. The number of benzene rings is 9. The summed E-state index contributed by atoms with van der Waals surface area (Å²) in [4.78, 5) is 5.37. The molecule has 68 heavy (non-hydrogen) atoms. The molecule has 3 nitrogen and oxygen atoms in total. The Morgan fingerprint density at radius 2 is 1.16 bits per heavy atom. The maximum atomic E-state index is 7.20. The first-order chi connectivity index (χ1) is 33.2. The van der Waals surface area contributed by atoms with Crippen LogP contribution in [-0.4, -0.2) is 6.85 Å². The quantitative estimate of drug-likeness (QED) is 0.165. The fourth-order valence-electron chi connectivity index (χ4n) is 13.3. The summed E-state index contributed by atoms with van der Waals surface area (Å²) in [6, 6.07) is 71.4. The topological polar surface area (TPSA) is 19.6 Å². The lowest BCUT2D eigenvalue weighted by molar-refractivity contribution is 0.332. The van der Waals surface area contributed by atoms with Crippen LogP contribution in [0.5, 0.6) is 0 Å². The van der Waals surface area contributed by atoms with Crippen LogP contribution in [0.25, 0.3) is 53.2 Å². The second-order valence-corrected chi connectivity index (χ2v) is 22.1. The minimum Gasteiger partial charge on any atom is -0.455 e. The Hall–Kier alpha value is -7.34. The summed E-state index contributed by atoms with van der Waals surface area (Å²) >= 11 is 1.89. The number of anilines is 5. The molecule has 324 valence electrons. The van der Waals surface area contributed by atoms with Gasteiger partial charge in [-0.15, -0.1) is 11.3 Å². The Labute approximate surface area is 401 Å². The highest BCUT2D eigenvalue weighted by Gasteiger charge is 2.54. The van der Waals surface area contributed by atoms with Crippen molar-refractivity contribution in [3.8, 4) is 11.1 Å². The molecule has 0 spiro atoms. The lowest BCUT2D eigenvalue weighted by Crippen LogP contribution is -2.62. The van der Waals surface area contributed by atoms with Crippen LogP contribution in [0.2, 0.25) is 0 Å². The van der Waals surface area contributed by atoms with E-state index in [2.05, 4.69) is 225 Å². The van der Waals surface area contributed by atoms with Gasteiger partial charge in [0.2, 0.25) is 0 Å². The van der Waals surface area contributed by atoms with E-state index in [0.29, 0.717) is 0 Å². The number of hydrogen-bond acceptors (Lipinski definition) is 4. The van der Waals surface area contributed by atoms with Gasteiger partial charge in [-0.25, -0.2) is 0 Å². The van der Waals surface area contributed by atoms with Crippen molar-refractivity contribution < 1.29 is 4.42 Å². The summed E-state index contributed by atoms with van der Waals surface area (Å²) in [7, 11) is 0. The van der Waals surface area contributed by atoms with Crippen LogP contribution < -0.4 is 20.6 Å². The van der Waals surface area contributed by atoms with Gasteiger partial charge in [0.25, 0.3) is 0 Å². The predicted octanol–water partition coefficient (Wildman–Crippen LogP) is 15.7. The van der Waals surface area contributed by atoms with E-state index in [0.717, 1.165) is 28.4 Å². The lowest BCUT2D eigenvalue weighted by atomic mass is 9.42. The maximum Gasteiger partial charge on any atom is 0.333 e. The fraction of sp³-hybridized carbons (Fsp3) is 0.143. The van der Waals surface area contributed by atoms with Gasteiger partial charge >= 0.3 is 6.85 Å². The molecular weight excluding hydrogens is 844 g/mol. The number of thiophene rings is 1. The zero-order valence-electron chi connectivity index (χ0n) is 38.6. The number of rotatable bonds is 3. The molecule has 11 aromatic rings. The smallest absolute Gasteiger partial charge is 0.333 e. The minimum atomic E-state index is -0.603. The molecule has 0 N–H and O–H groups in total. The second-order valence-electron chi connectivity index (χ2n) is 21.0. The SMILES string of the molecule is CC1(C)CCC(C)(C)c2cc(N3B4c5cccc6c5N(c5ccccc5C6(c5ccccc5)c5ccccc5)c5cc6c(oc7ccccc76)c(c54)-c4cc5sc6ccccc6c5cc43)ccc21. The molecule has 9 aromatic carbocycles. The molecule has 1 aliphatic carbocycles. The average molecular weight is 891 g/mol. The Morgan fingerprint density at radius 3 is 1.96 bits per heavy atom. The molecule has 0 unspecified atom stereocenters. The van der Waals surface area contributed by atoms with Gasteiger partial charge in [0, 0.05) is 64.8 Å². The molecule has 2 aromatic heterocycles. The zero-order chi connectivity index (χ0) is 45.3. The van der Waals surface area contributed by atoms with E-state index in [4.69, 9.17) is 4.42 Å². The predicted molar refractivity (Wildman–Crippen MR) is 287 cm³/mol.